The summed E-state index contributed by atoms with van der Waals surface area (Å²) in [6, 6.07) is 3.79. The van der Waals surface area contributed by atoms with Gasteiger partial charge in [0.25, 0.3) is 0 Å². The third-order valence-electron chi connectivity index (χ3n) is 4.09. The second kappa shape index (κ2) is 7.14. The summed E-state index contributed by atoms with van der Waals surface area (Å²) < 4.78 is 38.8. The fraction of sp³-hybridized carbons (Fsp3) is 0.467. The van der Waals surface area contributed by atoms with E-state index in [1.54, 1.807) is 17.6 Å². The van der Waals surface area contributed by atoms with Crippen molar-refractivity contribution in [2.24, 2.45) is 5.92 Å². The molecule has 9 heteroatoms. The molecule has 1 unspecified atom stereocenters. The zero-order chi connectivity index (χ0) is 17.2. The van der Waals surface area contributed by atoms with E-state index in [9.17, 15) is 13.2 Å². The van der Waals surface area contributed by atoms with Crippen LogP contribution >= 0.6 is 11.3 Å². The number of fused-ring (bicyclic) bond motifs is 1. The molecule has 1 aliphatic heterocycles. The smallest absolute Gasteiger partial charge is 0.324 e. The topological polar surface area (TPSA) is 94.6 Å². The minimum Gasteiger partial charge on any atom is -0.468 e. The highest BCUT2D eigenvalue weighted by Crippen LogP contribution is 2.24. The average molecular weight is 370 g/mol. The normalized spacial score (nSPS) is 17.7. The summed E-state index contributed by atoms with van der Waals surface area (Å²) in [5.74, 6) is -0.725. The molecule has 1 fully saturated rings. The fourth-order valence-corrected chi connectivity index (χ4v) is 4.82. The molecular formula is C15H18N2O5S2. The number of benzene rings is 1. The second-order valence-corrected chi connectivity index (χ2v) is 8.15. The van der Waals surface area contributed by atoms with Crippen molar-refractivity contribution >= 4 is 37.5 Å². The predicted octanol–water partition coefficient (Wildman–Crippen LogP) is 1.54. The summed E-state index contributed by atoms with van der Waals surface area (Å²) in [4.78, 5) is 16.3. The molecule has 0 amide bonds. The van der Waals surface area contributed by atoms with Crippen LogP contribution in [0.25, 0.3) is 10.2 Å². The van der Waals surface area contributed by atoms with Gasteiger partial charge in [-0.15, -0.1) is 11.3 Å². The lowest BCUT2D eigenvalue weighted by Gasteiger charge is -2.28. The average Bonchev–Trinajstić information content (AvgIpc) is 3.07. The van der Waals surface area contributed by atoms with E-state index in [2.05, 4.69) is 9.71 Å². The molecule has 3 rings (SSSR count). The Hall–Kier alpha value is -1.55. The van der Waals surface area contributed by atoms with E-state index in [1.807, 2.05) is 0 Å². The zero-order valence-corrected chi connectivity index (χ0v) is 14.7. The number of nitrogens with one attached hydrogen (secondary N) is 1. The van der Waals surface area contributed by atoms with Gasteiger partial charge in [0.2, 0.25) is 10.0 Å². The Bertz CT molecular complexity index is 827. The first kappa shape index (κ1) is 17.3. The highest BCUT2D eigenvalue weighted by Gasteiger charge is 2.34. The SMILES string of the molecule is COC(=O)C(NS(=O)(=O)c1ccc2ncsc2c1)C1CCOCC1. The molecule has 0 radical (unpaired) electrons. The lowest BCUT2D eigenvalue weighted by molar-refractivity contribution is -0.145. The van der Waals surface area contributed by atoms with Crippen molar-refractivity contribution in [2.75, 3.05) is 20.3 Å². The number of methoxy groups -OCH3 is 1. The Morgan fingerprint density at radius 1 is 1.42 bits per heavy atom. The molecule has 7 nitrogen and oxygen atoms in total. The summed E-state index contributed by atoms with van der Waals surface area (Å²) >= 11 is 1.36. The monoisotopic (exact) mass is 370 g/mol. The van der Waals surface area contributed by atoms with E-state index in [0.717, 1.165) is 10.2 Å². The molecule has 2 aromatic rings. The van der Waals surface area contributed by atoms with Gasteiger partial charge in [0.15, 0.2) is 0 Å². The van der Waals surface area contributed by atoms with Crippen LogP contribution in [-0.4, -0.2) is 45.7 Å². The Morgan fingerprint density at radius 2 is 2.17 bits per heavy atom. The van der Waals surface area contributed by atoms with Gasteiger partial charge in [-0.05, 0) is 37.0 Å². The van der Waals surface area contributed by atoms with Gasteiger partial charge in [0, 0.05) is 13.2 Å². The molecule has 0 bridgehead atoms. The van der Waals surface area contributed by atoms with Crippen molar-refractivity contribution in [3.8, 4) is 0 Å². The number of carbonyl (C=O) groups is 1. The third-order valence-corrected chi connectivity index (χ3v) is 6.32. The van der Waals surface area contributed by atoms with Crippen LogP contribution in [0.1, 0.15) is 12.8 Å². The number of hydrogen-bond acceptors (Lipinski definition) is 7. The van der Waals surface area contributed by atoms with E-state index in [1.165, 1.54) is 24.5 Å². The first-order valence-electron chi connectivity index (χ1n) is 7.52. The highest BCUT2D eigenvalue weighted by molar-refractivity contribution is 7.89. The number of aromatic nitrogens is 1. The van der Waals surface area contributed by atoms with Crippen LogP contribution < -0.4 is 4.72 Å². The largest absolute Gasteiger partial charge is 0.468 e. The third kappa shape index (κ3) is 3.59. The van der Waals surface area contributed by atoms with Crippen LogP contribution in [0, 0.1) is 5.92 Å². The maximum Gasteiger partial charge on any atom is 0.324 e. The number of sulfonamides is 1. The van der Waals surface area contributed by atoms with Crippen LogP contribution in [0.5, 0.6) is 0 Å². The number of esters is 1. The lowest BCUT2D eigenvalue weighted by atomic mass is 9.92. The molecule has 1 N–H and O–H groups in total. The van der Waals surface area contributed by atoms with E-state index in [4.69, 9.17) is 9.47 Å². The zero-order valence-electron chi connectivity index (χ0n) is 13.1. The van der Waals surface area contributed by atoms with Gasteiger partial charge in [0.1, 0.15) is 6.04 Å². The molecule has 1 saturated heterocycles. The van der Waals surface area contributed by atoms with Gasteiger partial charge in [-0.25, -0.2) is 13.4 Å². The van der Waals surface area contributed by atoms with Crippen molar-refractivity contribution in [1.82, 2.24) is 9.71 Å². The van der Waals surface area contributed by atoms with Gasteiger partial charge in [-0.2, -0.15) is 4.72 Å². The Morgan fingerprint density at radius 3 is 2.88 bits per heavy atom. The van der Waals surface area contributed by atoms with Crippen LogP contribution in [0.3, 0.4) is 0 Å². The minimum absolute atomic E-state index is 0.111. The molecule has 1 aromatic carbocycles. The van der Waals surface area contributed by atoms with Crippen molar-refractivity contribution in [1.29, 1.82) is 0 Å². The Labute approximate surface area is 144 Å². The van der Waals surface area contributed by atoms with E-state index < -0.39 is 22.0 Å². The lowest BCUT2D eigenvalue weighted by Crippen LogP contribution is -2.48. The maximum absolute atomic E-state index is 12.7. The first-order valence-corrected chi connectivity index (χ1v) is 9.89. The molecule has 2 heterocycles. The van der Waals surface area contributed by atoms with Crippen molar-refractivity contribution in [3.63, 3.8) is 0 Å². The summed E-state index contributed by atoms with van der Waals surface area (Å²) in [7, 11) is -2.59. The van der Waals surface area contributed by atoms with Crippen LogP contribution in [0.2, 0.25) is 0 Å². The minimum atomic E-state index is -3.85. The van der Waals surface area contributed by atoms with Gasteiger partial charge < -0.3 is 9.47 Å². The predicted molar refractivity (Wildman–Crippen MR) is 89.3 cm³/mol. The van der Waals surface area contributed by atoms with Gasteiger partial charge >= 0.3 is 5.97 Å². The second-order valence-electron chi connectivity index (χ2n) is 5.55. The standard InChI is InChI=1S/C15H18N2O5S2/c1-21-15(18)14(10-4-6-22-7-5-10)17-24(19,20)11-2-3-12-13(8-11)23-9-16-12/h2-3,8-10,14,17H,4-7H2,1H3. The maximum atomic E-state index is 12.7. The van der Waals surface area contributed by atoms with E-state index in [-0.39, 0.29) is 10.8 Å². The van der Waals surface area contributed by atoms with Crippen molar-refractivity contribution in [2.45, 2.75) is 23.8 Å². The van der Waals surface area contributed by atoms with Crippen molar-refractivity contribution < 1.29 is 22.7 Å². The van der Waals surface area contributed by atoms with E-state index >= 15 is 0 Å². The molecule has 0 spiro atoms. The molecule has 1 aliphatic rings. The molecule has 24 heavy (non-hydrogen) atoms. The summed E-state index contributed by atoms with van der Waals surface area (Å²) in [6.45, 7) is 1.01. The highest BCUT2D eigenvalue weighted by atomic mass is 32.2. The van der Waals surface area contributed by atoms with Gasteiger partial charge in [-0.3, -0.25) is 4.79 Å². The molecule has 0 aliphatic carbocycles. The summed E-state index contributed by atoms with van der Waals surface area (Å²) in [5.41, 5.74) is 2.40. The van der Waals surface area contributed by atoms with Crippen molar-refractivity contribution in [3.05, 3.63) is 23.7 Å². The van der Waals surface area contributed by atoms with Gasteiger partial charge in [-0.1, -0.05) is 0 Å². The van der Waals surface area contributed by atoms with Crippen LogP contribution in [-0.2, 0) is 24.3 Å². The number of rotatable bonds is 5. The number of hydrogen-bond donors (Lipinski definition) is 1. The quantitative estimate of drug-likeness (QED) is 0.803. The molecule has 130 valence electrons. The van der Waals surface area contributed by atoms with Gasteiger partial charge in [0.05, 0.1) is 27.7 Å². The molecule has 1 aromatic heterocycles. The Kier molecular flexibility index (Phi) is 5.14. The molecule has 1 atom stereocenters. The summed E-state index contributed by atoms with van der Waals surface area (Å²) in [6.07, 6.45) is 1.21. The Balaban J connectivity index is 1.87. The van der Waals surface area contributed by atoms with Crippen LogP contribution in [0.15, 0.2) is 28.6 Å². The van der Waals surface area contributed by atoms with E-state index in [0.29, 0.717) is 26.1 Å². The first-order chi connectivity index (χ1) is 11.5. The molecular weight excluding hydrogens is 352 g/mol. The molecule has 0 saturated carbocycles. The number of ether oxygens (including phenoxy) is 2. The summed E-state index contributed by atoms with van der Waals surface area (Å²) in [5, 5.41) is 0. The number of nitrogens with zero attached hydrogens (tertiary/aromatic N) is 1. The number of carbonyl (C=O) groups excluding carboxylic acids is 1. The number of thiazole rings is 1. The van der Waals surface area contributed by atoms with Crippen LogP contribution in [0.4, 0.5) is 0 Å². The fourth-order valence-electron chi connectivity index (χ4n) is 2.75.